The van der Waals surface area contributed by atoms with Gasteiger partial charge in [-0.05, 0) is 55.9 Å². The lowest BCUT2D eigenvalue weighted by atomic mass is 9.90. The van der Waals surface area contributed by atoms with Crippen LogP contribution >= 0.6 is 0 Å². The number of methoxy groups -OCH3 is 1. The van der Waals surface area contributed by atoms with Crippen molar-refractivity contribution in [2.24, 2.45) is 5.92 Å². The van der Waals surface area contributed by atoms with Crippen LogP contribution in [0.2, 0.25) is 0 Å². The van der Waals surface area contributed by atoms with E-state index in [1.165, 1.54) is 6.20 Å². The van der Waals surface area contributed by atoms with E-state index in [1.807, 2.05) is 42.2 Å². The Balaban J connectivity index is 1.20. The number of halogens is 1. The zero-order valence-corrected chi connectivity index (χ0v) is 22.9. The first-order valence-corrected chi connectivity index (χ1v) is 13.8. The van der Waals surface area contributed by atoms with E-state index < -0.39 is 5.82 Å². The number of nitrogens with one attached hydrogen (secondary N) is 1. The average Bonchev–Trinajstić information content (AvgIpc) is 3.55. The molecule has 2 aromatic heterocycles. The van der Waals surface area contributed by atoms with Gasteiger partial charge in [0.1, 0.15) is 11.5 Å². The molecule has 0 aliphatic carbocycles. The number of hydrogen-bond donors (Lipinski definition) is 1. The van der Waals surface area contributed by atoms with Gasteiger partial charge in [-0.1, -0.05) is 25.1 Å². The number of aromatic amines is 1. The number of carbonyl (C=O) groups is 1. The fraction of sp³-hybridized carbons (Fsp3) is 0.355. The van der Waals surface area contributed by atoms with E-state index in [2.05, 4.69) is 20.2 Å². The number of rotatable bonds is 11. The van der Waals surface area contributed by atoms with Gasteiger partial charge in [0.05, 0.1) is 25.6 Å². The van der Waals surface area contributed by atoms with Gasteiger partial charge in [0.2, 0.25) is 0 Å². The normalized spacial score (nSPS) is 13.8. The predicted molar refractivity (Wildman–Crippen MR) is 152 cm³/mol. The van der Waals surface area contributed by atoms with Crippen molar-refractivity contribution in [3.63, 3.8) is 0 Å². The number of Topliss-reactive ketones (excluding diaryl/α,β-unsaturated/α-hetero) is 1. The molecule has 0 unspecified atom stereocenters. The van der Waals surface area contributed by atoms with E-state index in [-0.39, 0.29) is 5.78 Å². The number of hydrogen-bond acceptors (Lipinski definition) is 7. The zero-order valence-electron chi connectivity index (χ0n) is 22.9. The number of H-pyrrole nitrogens is 1. The van der Waals surface area contributed by atoms with E-state index in [9.17, 15) is 9.18 Å². The number of piperidine rings is 1. The van der Waals surface area contributed by atoms with Gasteiger partial charge in [-0.2, -0.15) is 5.10 Å². The highest BCUT2D eigenvalue weighted by Crippen LogP contribution is 2.30. The molecule has 0 bridgehead atoms. The molecule has 208 valence electrons. The zero-order chi connectivity index (χ0) is 27.9. The predicted octanol–water partition coefficient (Wildman–Crippen LogP) is 6.35. The van der Waals surface area contributed by atoms with Gasteiger partial charge in [0.25, 0.3) is 0 Å². The van der Waals surface area contributed by atoms with Crippen LogP contribution in [0.5, 0.6) is 11.5 Å². The van der Waals surface area contributed by atoms with E-state index in [0.29, 0.717) is 60.7 Å². The first-order chi connectivity index (χ1) is 19.5. The van der Waals surface area contributed by atoms with Crippen molar-refractivity contribution >= 4 is 11.6 Å². The summed E-state index contributed by atoms with van der Waals surface area (Å²) in [6.45, 7) is 3.98. The van der Waals surface area contributed by atoms with Crippen molar-refractivity contribution in [1.29, 1.82) is 0 Å². The van der Waals surface area contributed by atoms with E-state index in [1.54, 1.807) is 31.5 Å². The Morgan fingerprint density at radius 1 is 1.10 bits per heavy atom. The Labute approximate surface area is 233 Å². The first-order valence-electron chi connectivity index (χ1n) is 13.8. The first kappa shape index (κ1) is 27.3. The molecule has 0 saturated carbocycles. The molecule has 1 fully saturated rings. The second kappa shape index (κ2) is 12.7. The molecule has 0 radical (unpaired) electrons. The molecular weight excluding hydrogens is 509 g/mol. The topological polar surface area (TPSA) is 93.2 Å². The SMILES string of the molecule is CCCOc1cc(OC)cc(C(=O)CCC2CCN(c3nc(-c4cccc(-c5ccn[nH]5)c4)ncc3F)CC2)c1. The Bertz CT molecular complexity index is 1430. The second-order valence-electron chi connectivity index (χ2n) is 10.1. The van der Waals surface area contributed by atoms with Crippen LogP contribution in [0, 0.1) is 11.7 Å². The van der Waals surface area contributed by atoms with Gasteiger partial charge in [0.15, 0.2) is 23.2 Å². The van der Waals surface area contributed by atoms with Crippen molar-refractivity contribution in [3.05, 3.63) is 72.3 Å². The number of ketones is 1. The molecule has 40 heavy (non-hydrogen) atoms. The molecule has 1 aliphatic heterocycles. The van der Waals surface area contributed by atoms with Gasteiger partial charge >= 0.3 is 0 Å². The minimum absolute atomic E-state index is 0.0755. The van der Waals surface area contributed by atoms with Crippen LogP contribution in [0.15, 0.2) is 60.9 Å². The molecular formula is C31H34FN5O3. The summed E-state index contributed by atoms with van der Waals surface area (Å²) in [5.41, 5.74) is 3.26. The van der Waals surface area contributed by atoms with Gasteiger partial charge in [0, 0.05) is 48.5 Å². The fourth-order valence-electron chi connectivity index (χ4n) is 5.03. The number of nitrogens with zero attached hydrogens (tertiary/aromatic N) is 4. The summed E-state index contributed by atoms with van der Waals surface area (Å²) in [5.74, 6) is 2.10. The quantitative estimate of drug-likeness (QED) is 0.220. The van der Waals surface area contributed by atoms with E-state index in [0.717, 1.165) is 42.5 Å². The maximum atomic E-state index is 14.8. The summed E-state index contributed by atoms with van der Waals surface area (Å²) in [4.78, 5) is 23.8. The molecule has 1 aliphatic rings. The molecule has 0 spiro atoms. The summed E-state index contributed by atoms with van der Waals surface area (Å²) in [6.07, 6.45) is 6.80. The van der Waals surface area contributed by atoms with Crippen molar-refractivity contribution in [1.82, 2.24) is 20.2 Å². The minimum Gasteiger partial charge on any atom is -0.497 e. The van der Waals surface area contributed by atoms with Crippen LogP contribution in [-0.2, 0) is 0 Å². The van der Waals surface area contributed by atoms with Gasteiger partial charge in [-0.15, -0.1) is 0 Å². The summed E-state index contributed by atoms with van der Waals surface area (Å²) in [6, 6.07) is 15.0. The van der Waals surface area contributed by atoms with Gasteiger partial charge in [-0.25, -0.2) is 14.4 Å². The highest BCUT2D eigenvalue weighted by molar-refractivity contribution is 5.96. The van der Waals surface area contributed by atoms with Crippen LogP contribution in [0.1, 0.15) is 49.4 Å². The molecule has 9 heteroatoms. The lowest BCUT2D eigenvalue weighted by Crippen LogP contribution is -2.35. The summed E-state index contributed by atoms with van der Waals surface area (Å²) in [7, 11) is 1.59. The monoisotopic (exact) mass is 543 g/mol. The third-order valence-electron chi connectivity index (χ3n) is 7.26. The Morgan fingerprint density at radius 3 is 2.65 bits per heavy atom. The Kier molecular flexibility index (Phi) is 8.68. The van der Waals surface area contributed by atoms with Crippen LogP contribution in [0.3, 0.4) is 0 Å². The van der Waals surface area contributed by atoms with Crippen molar-refractivity contribution in [2.75, 3.05) is 31.7 Å². The number of anilines is 1. The van der Waals surface area contributed by atoms with E-state index >= 15 is 0 Å². The van der Waals surface area contributed by atoms with Crippen LogP contribution in [0.25, 0.3) is 22.6 Å². The summed E-state index contributed by atoms with van der Waals surface area (Å²) >= 11 is 0. The molecule has 4 aromatic rings. The fourth-order valence-corrected chi connectivity index (χ4v) is 5.03. The lowest BCUT2D eigenvalue weighted by Gasteiger charge is -2.33. The third-order valence-corrected chi connectivity index (χ3v) is 7.26. The van der Waals surface area contributed by atoms with Crippen LogP contribution in [-0.4, -0.2) is 52.8 Å². The van der Waals surface area contributed by atoms with Crippen LogP contribution < -0.4 is 14.4 Å². The number of benzene rings is 2. The van der Waals surface area contributed by atoms with Gasteiger partial charge < -0.3 is 14.4 Å². The Morgan fingerprint density at radius 2 is 1.90 bits per heavy atom. The summed E-state index contributed by atoms with van der Waals surface area (Å²) in [5, 5.41) is 6.97. The highest BCUT2D eigenvalue weighted by Gasteiger charge is 2.24. The summed E-state index contributed by atoms with van der Waals surface area (Å²) < 4.78 is 25.9. The molecule has 1 saturated heterocycles. The standard InChI is InChI=1S/C31H34FN5O3/c1-3-15-40-26-18-24(17-25(19-26)39-2)29(38)8-7-21-10-13-37(14-11-21)31-27(32)20-33-30(35-31)23-6-4-5-22(16-23)28-9-12-34-36-28/h4-6,9,12,16-21H,3,7-8,10-11,13-15H2,1-2H3,(H,34,36). The highest BCUT2D eigenvalue weighted by atomic mass is 19.1. The van der Waals surface area contributed by atoms with Gasteiger partial charge in [-0.3, -0.25) is 9.89 Å². The number of aromatic nitrogens is 4. The van der Waals surface area contributed by atoms with Crippen LogP contribution in [0.4, 0.5) is 10.2 Å². The third kappa shape index (κ3) is 6.47. The number of carbonyl (C=O) groups excluding carboxylic acids is 1. The average molecular weight is 544 g/mol. The molecule has 0 amide bonds. The molecule has 3 heterocycles. The number of ether oxygens (including phenoxy) is 2. The maximum absolute atomic E-state index is 14.8. The lowest BCUT2D eigenvalue weighted by molar-refractivity contribution is 0.0970. The van der Waals surface area contributed by atoms with E-state index in [4.69, 9.17) is 9.47 Å². The molecule has 0 atom stereocenters. The largest absolute Gasteiger partial charge is 0.497 e. The second-order valence-corrected chi connectivity index (χ2v) is 10.1. The van der Waals surface area contributed by atoms with Crippen molar-refractivity contribution in [2.45, 2.75) is 39.0 Å². The maximum Gasteiger partial charge on any atom is 0.183 e. The molecule has 2 aromatic carbocycles. The minimum atomic E-state index is -0.429. The van der Waals surface area contributed by atoms with Crippen molar-refractivity contribution in [3.8, 4) is 34.1 Å². The smallest absolute Gasteiger partial charge is 0.183 e. The molecule has 8 nitrogen and oxygen atoms in total. The molecule has 5 rings (SSSR count). The molecule has 1 N–H and O–H groups in total. The van der Waals surface area contributed by atoms with Crippen molar-refractivity contribution < 1.29 is 18.7 Å². The Hall–Kier alpha value is -4.27.